The fourth-order valence-electron chi connectivity index (χ4n) is 3.34. The SMILES string of the molecule is CCCC(CS)CN1C(=O)NC2(CCC(C)CC2)C1=O. The van der Waals surface area contributed by atoms with Crippen molar-refractivity contribution in [3.8, 4) is 0 Å². The molecule has 0 aromatic heterocycles. The highest BCUT2D eigenvalue weighted by Gasteiger charge is 2.52. The van der Waals surface area contributed by atoms with Crippen LogP contribution in [0, 0.1) is 11.8 Å². The Morgan fingerprint density at radius 1 is 1.40 bits per heavy atom. The van der Waals surface area contributed by atoms with E-state index in [-0.39, 0.29) is 11.9 Å². The molecule has 1 N–H and O–H groups in total. The van der Waals surface area contributed by atoms with Crippen molar-refractivity contribution < 1.29 is 9.59 Å². The third-order valence-corrected chi connectivity index (χ3v) is 5.29. The van der Waals surface area contributed by atoms with Crippen LogP contribution in [0.2, 0.25) is 0 Å². The number of nitrogens with zero attached hydrogens (tertiary/aromatic N) is 1. The van der Waals surface area contributed by atoms with Crippen LogP contribution in [-0.4, -0.2) is 34.7 Å². The average molecular weight is 298 g/mol. The molecule has 0 aromatic carbocycles. The Kier molecular flexibility index (Phi) is 4.99. The Morgan fingerprint density at radius 3 is 2.60 bits per heavy atom. The van der Waals surface area contributed by atoms with Crippen molar-refractivity contribution in [2.75, 3.05) is 12.3 Å². The van der Waals surface area contributed by atoms with Gasteiger partial charge < -0.3 is 5.32 Å². The van der Waals surface area contributed by atoms with Crippen LogP contribution in [0.25, 0.3) is 0 Å². The van der Waals surface area contributed by atoms with Crippen molar-refractivity contribution in [2.24, 2.45) is 11.8 Å². The Morgan fingerprint density at radius 2 is 2.05 bits per heavy atom. The third kappa shape index (κ3) is 2.97. The molecule has 2 fully saturated rings. The zero-order chi connectivity index (χ0) is 14.8. The summed E-state index contributed by atoms with van der Waals surface area (Å²) in [4.78, 5) is 26.3. The van der Waals surface area contributed by atoms with Gasteiger partial charge in [0.2, 0.25) is 0 Å². The van der Waals surface area contributed by atoms with Gasteiger partial charge in [-0.3, -0.25) is 9.69 Å². The molecule has 1 heterocycles. The van der Waals surface area contributed by atoms with E-state index in [1.807, 2.05) is 0 Å². The molecule has 3 amide bonds. The van der Waals surface area contributed by atoms with Crippen LogP contribution >= 0.6 is 12.6 Å². The smallest absolute Gasteiger partial charge is 0.323 e. The van der Waals surface area contributed by atoms with Crippen LogP contribution in [0.3, 0.4) is 0 Å². The van der Waals surface area contributed by atoms with Crippen LogP contribution in [-0.2, 0) is 4.79 Å². The summed E-state index contributed by atoms with van der Waals surface area (Å²) in [6.45, 7) is 4.84. The molecule has 2 aliphatic rings. The topological polar surface area (TPSA) is 49.4 Å². The molecule has 4 nitrogen and oxygen atoms in total. The molecule has 0 bridgehead atoms. The standard InChI is InChI=1S/C15H26N2O2S/c1-3-4-12(10-20)9-17-13(18)15(16-14(17)19)7-5-11(2)6-8-15/h11-12,20H,3-10H2,1-2H3,(H,16,19). The summed E-state index contributed by atoms with van der Waals surface area (Å²) in [5.41, 5.74) is -0.600. The lowest BCUT2D eigenvalue weighted by molar-refractivity contribution is -0.133. The summed E-state index contributed by atoms with van der Waals surface area (Å²) in [5, 5.41) is 2.97. The van der Waals surface area contributed by atoms with Crippen molar-refractivity contribution in [1.82, 2.24) is 10.2 Å². The van der Waals surface area contributed by atoms with Crippen molar-refractivity contribution in [1.29, 1.82) is 0 Å². The van der Waals surface area contributed by atoms with E-state index in [1.54, 1.807) is 0 Å². The van der Waals surface area contributed by atoms with Gasteiger partial charge in [0.1, 0.15) is 5.54 Å². The van der Waals surface area contributed by atoms with Gasteiger partial charge in [-0.1, -0.05) is 20.3 Å². The summed E-state index contributed by atoms with van der Waals surface area (Å²) in [6.07, 6.45) is 5.67. The molecule has 1 unspecified atom stereocenters. The monoisotopic (exact) mass is 298 g/mol. The van der Waals surface area contributed by atoms with Gasteiger partial charge in [0.25, 0.3) is 5.91 Å². The maximum absolute atomic E-state index is 12.7. The number of carbonyl (C=O) groups is 2. The van der Waals surface area contributed by atoms with E-state index in [0.717, 1.165) is 44.3 Å². The Hall–Kier alpha value is -0.710. The van der Waals surface area contributed by atoms with Gasteiger partial charge in [0, 0.05) is 6.54 Å². The second kappa shape index (κ2) is 6.37. The minimum absolute atomic E-state index is 0.00251. The molecule has 1 atom stereocenters. The molecular formula is C15H26N2O2S. The maximum atomic E-state index is 12.7. The van der Waals surface area contributed by atoms with Gasteiger partial charge in [-0.05, 0) is 49.7 Å². The summed E-state index contributed by atoms with van der Waals surface area (Å²) in [6, 6.07) is -0.201. The minimum Gasteiger partial charge on any atom is -0.323 e. The number of imide groups is 1. The van der Waals surface area contributed by atoms with E-state index in [1.165, 1.54) is 4.90 Å². The lowest BCUT2D eigenvalue weighted by Crippen LogP contribution is -2.49. The zero-order valence-electron chi connectivity index (χ0n) is 12.5. The first-order chi connectivity index (χ1) is 9.52. The van der Waals surface area contributed by atoms with Gasteiger partial charge >= 0.3 is 6.03 Å². The summed E-state index contributed by atoms with van der Waals surface area (Å²) in [5.74, 6) is 1.67. The summed E-state index contributed by atoms with van der Waals surface area (Å²) >= 11 is 4.34. The molecule has 1 saturated heterocycles. The first kappa shape index (κ1) is 15.7. The van der Waals surface area contributed by atoms with Crippen LogP contribution in [0.15, 0.2) is 0 Å². The first-order valence-electron chi connectivity index (χ1n) is 7.77. The van der Waals surface area contributed by atoms with E-state index >= 15 is 0 Å². The van der Waals surface area contributed by atoms with Gasteiger partial charge in [0.05, 0.1) is 0 Å². The molecule has 114 valence electrons. The highest BCUT2D eigenvalue weighted by molar-refractivity contribution is 7.80. The quantitative estimate of drug-likeness (QED) is 0.606. The summed E-state index contributed by atoms with van der Waals surface area (Å²) in [7, 11) is 0. The normalized spacial score (nSPS) is 31.8. The molecule has 0 aromatic rings. The number of carbonyl (C=O) groups excluding carboxylic acids is 2. The third-order valence-electron chi connectivity index (χ3n) is 4.77. The lowest BCUT2D eigenvalue weighted by Gasteiger charge is -2.33. The van der Waals surface area contributed by atoms with Crippen molar-refractivity contribution in [3.05, 3.63) is 0 Å². The molecule has 5 heteroatoms. The highest BCUT2D eigenvalue weighted by atomic mass is 32.1. The number of hydrogen-bond acceptors (Lipinski definition) is 3. The van der Waals surface area contributed by atoms with E-state index in [9.17, 15) is 9.59 Å². The van der Waals surface area contributed by atoms with Gasteiger partial charge in [-0.2, -0.15) is 12.6 Å². The van der Waals surface area contributed by atoms with E-state index in [0.29, 0.717) is 18.4 Å². The van der Waals surface area contributed by atoms with E-state index < -0.39 is 5.54 Å². The predicted octanol–water partition coefficient (Wildman–Crippen LogP) is 2.83. The molecule has 20 heavy (non-hydrogen) atoms. The number of nitrogens with one attached hydrogen (secondary N) is 1. The maximum Gasteiger partial charge on any atom is 0.325 e. The zero-order valence-corrected chi connectivity index (χ0v) is 13.4. The number of hydrogen-bond donors (Lipinski definition) is 2. The Labute approximate surface area is 127 Å². The van der Waals surface area contributed by atoms with Gasteiger partial charge in [-0.25, -0.2) is 4.79 Å². The minimum atomic E-state index is -0.600. The van der Waals surface area contributed by atoms with Crippen molar-refractivity contribution in [3.63, 3.8) is 0 Å². The van der Waals surface area contributed by atoms with Crippen LogP contribution in [0.4, 0.5) is 4.79 Å². The summed E-state index contributed by atoms with van der Waals surface area (Å²) < 4.78 is 0. The number of thiol groups is 1. The van der Waals surface area contributed by atoms with Crippen LogP contribution < -0.4 is 5.32 Å². The van der Waals surface area contributed by atoms with Crippen LogP contribution in [0.1, 0.15) is 52.4 Å². The van der Waals surface area contributed by atoms with Gasteiger partial charge in [0.15, 0.2) is 0 Å². The molecule has 1 aliphatic heterocycles. The molecule has 0 radical (unpaired) electrons. The molecule has 1 spiro atoms. The number of rotatable bonds is 5. The predicted molar refractivity (Wildman–Crippen MR) is 82.9 cm³/mol. The lowest BCUT2D eigenvalue weighted by atomic mass is 9.77. The van der Waals surface area contributed by atoms with Crippen molar-refractivity contribution in [2.45, 2.75) is 57.9 Å². The van der Waals surface area contributed by atoms with E-state index in [2.05, 4.69) is 31.8 Å². The fraction of sp³-hybridized carbons (Fsp3) is 0.867. The largest absolute Gasteiger partial charge is 0.325 e. The van der Waals surface area contributed by atoms with Gasteiger partial charge in [-0.15, -0.1) is 0 Å². The molecule has 1 aliphatic carbocycles. The fourth-order valence-corrected chi connectivity index (χ4v) is 3.64. The number of amides is 3. The first-order valence-corrected chi connectivity index (χ1v) is 8.40. The van der Waals surface area contributed by atoms with E-state index in [4.69, 9.17) is 0 Å². The highest BCUT2D eigenvalue weighted by Crippen LogP contribution is 2.36. The number of urea groups is 1. The second-order valence-corrected chi connectivity index (χ2v) is 6.81. The second-order valence-electron chi connectivity index (χ2n) is 6.45. The van der Waals surface area contributed by atoms with Crippen LogP contribution in [0.5, 0.6) is 0 Å². The molecular weight excluding hydrogens is 272 g/mol. The van der Waals surface area contributed by atoms with Crippen molar-refractivity contribution >= 4 is 24.6 Å². The molecule has 2 rings (SSSR count). The molecule has 1 saturated carbocycles. The Bertz CT molecular complexity index is 378. The Balaban J connectivity index is 2.05. The average Bonchev–Trinajstić information content (AvgIpc) is 2.66.